The number of hydrogen-bond donors (Lipinski definition) is 1. The second-order valence-electron chi connectivity index (χ2n) is 6.43. The molecule has 31 heavy (non-hydrogen) atoms. The summed E-state index contributed by atoms with van der Waals surface area (Å²) in [6, 6.07) is 13.3. The van der Waals surface area contributed by atoms with Gasteiger partial charge >= 0.3 is 0 Å². The van der Waals surface area contributed by atoms with Crippen LogP contribution in [0.1, 0.15) is 5.82 Å². The van der Waals surface area contributed by atoms with Gasteiger partial charge in [-0.05, 0) is 24.3 Å². The molecular weight excluding hydrogens is 440 g/mol. The zero-order valence-corrected chi connectivity index (χ0v) is 18.9. The monoisotopic (exact) mass is 462 g/mol. The molecule has 0 atom stereocenters. The Hall–Kier alpha value is -3.05. The maximum absolute atomic E-state index is 12.6. The number of carbonyl (C=O) groups excluding carboxylic acids is 1. The molecule has 0 bridgehead atoms. The highest BCUT2D eigenvalue weighted by Crippen LogP contribution is 2.29. The van der Waals surface area contributed by atoms with Crippen molar-refractivity contribution < 1.29 is 22.7 Å². The molecule has 0 aliphatic heterocycles. The van der Waals surface area contributed by atoms with Crippen molar-refractivity contribution in [2.45, 2.75) is 15.8 Å². The summed E-state index contributed by atoms with van der Waals surface area (Å²) in [6.07, 6.45) is 0. The average Bonchev–Trinajstić information content (AvgIpc) is 3.11. The summed E-state index contributed by atoms with van der Waals surface area (Å²) in [5.41, 5.74) is 0.486. The van der Waals surface area contributed by atoms with Crippen molar-refractivity contribution in [1.29, 1.82) is 0 Å². The minimum atomic E-state index is -3.55. The number of methoxy groups -OCH3 is 2. The molecule has 0 saturated carbocycles. The molecule has 1 aromatic heterocycles. The maximum Gasteiger partial charge on any atom is 0.234 e. The van der Waals surface area contributed by atoms with Crippen molar-refractivity contribution in [2.24, 2.45) is 7.05 Å². The van der Waals surface area contributed by atoms with Gasteiger partial charge in [0.1, 0.15) is 23.1 Å². The van der Waals surface area contributed by atoms with Crippen LogP contribution in [0.15, 0.2) is 58.6 Å². The topological polar surface area (TPSA) is 112 Å². The Morgan fingerprint density at radius 3 is 2.52 bits per heavy atom. The van der Waals surface area contributed by atoms with Gasteiger partial charge < -0.3 is 19.4 Å². The number of ether oxygens (including phenoxy) is 2. The third kappa shape index (κ3) is 5.56. The molecule has 164 valence electrons. The number of sulfone groups is 1. The number of aromatic nitrogens is 3. The predicted octanol–water partition coefficient (Wildman–Crippen LogP) is 2.54. The molecule has 2 aromatic carbocycles. The summed E-state index contributed by atoms with van der Waals surface area (Å²) in [5, 5.41) is 11.2. The minimum absolute atomic E-state index is 0.0533. The quantitative estimate of drug-likeness (QED) is 0.483. The van der Waals surface area contributed by atoms with Gasteiger partial charge in [0.2, 0.25) is 5.91 Å². The Bertz CT molecular complexity index is 1160. The van der Waals surface area contributed by atoms with Gasteiger partial charge in [-0.25, -0.2) is 8.42 Å². The number of rotatable bonds is 9. The first-order valence-corrected chi connectivity index (χ1v) is 11.8. The standard InChI is InChI=1S/C20H22N4O5S2/c1-24-18(13-31(26,27)15-7-5-4-6-8-15)22-23-20(24)30-12-19(25)21-16-11-14(28-2)9-10-17(16)29-3/h4-11H,12-13H2,1-3H3,(H,21,25). The summed E-state index contributed by atoms with van der Waals surface area (Å²) in [5.74, 6) is 0.873. The van der Waals surface area contributed by atoms with Gasteiger partial charge in [-0.1, -0.05) is 30.0 Å². The zero-order valence-electron chi connectivity index (χ0n) is 17.2. The highest BCUT2D eigenvalue weighted by molar-refractivity contribution is 7.99. The van der Waals surface area contributed by atoms with Gasteiger partial charge in [0.05, 0.1) is 30.6 Å². The van der Waals surface area contributed by atoms with Crippen molar-refractivity contribution in [1.82, 2.24) is 14.8 Å². The fourth-order valence-corrected chi connectivity index (χ4v) is 4.77. The van der Waals surface area contributed by atoms with E-state index in [2.05, 4.69) is 15.5 Å². The summed E-state index contributed by atoms with van der Waals surface area (Å²) >= 11 is 1.15. The number of nitrogens with zero attached hydrogens (tertiary/aromatic N) is 3. The molecule has 11 heteroatoms. The van der Waals surface area contributed by atoms with E-state index in [1.165, 1.54) is 14.2 Å². The number of thioether (sulfide) groups is 1. The van der Waals surface area contributed by atoms with Crippen LogP contribution in [0.2, 0.25) is 0 Å². The number of anilines is 1. The van der Waals surface area contributed by atoms with Gasteiger partial charge in [0, 0.05) is 13.1 Å². The molecule has 0 unspecified atom stereocenters. The van der Waals surface area contributed by atoms with Crippen LogP contribution in [-0.4, -0.2) is 49.1 Å². The lowest BCUT2D eigenvalue weighted by Crippen LogP contribution is -2.15. The molecule has 1 amide bonds. The van der Waals surface area contributed by atoms with Gasteiger partial charge in [-0.15, -0.1) is 10.2 Å². The lowest BCUT2D eigenvalue weighted by molar-refractivity contribution is -0.113. The van der Waals surface area contributed by atoms with Crippen LogP contribution < -0.4 is 14.8 Å². The van der Waals surface area contributed by atoms with Crippen LogP contribution in [-0.2, 0) is 27.4 Å². The SMILES string of the molecule is COc1ccc(OC)c(NC(=O)CSc2nnc(CS(=O)(=O)c3ccccc3)n2C)c1. The number of amides is 1. The molecule has 0 aliphatic carbocycles. The van der Waals surface area contributed by atoms with Crippen molar-refractivity contribution in [3.63, 3.8) is 0 Å². The molecule has 0 radical (unpaired) electrons. The molecule has 3 rings (SSSR count). The average molecular weight is 463 g/mol. The van der Waals surface area contributed by atoms with Crippen molar-refractivity contribution in [2.75, 3.05) is 25.3 Å². The highest BCUT2D eigenvalue weighted by atomic mass is 32.2. The van der Waals surface area contributed by atoms with Gasteiger partial charge in [-0.3, -0.25) is 4.79 Å². The Labute approximate surface area is 184 Å². The Balaban J connectivity index is 1.65. The maximum atomic E-state index is 12.6. The zero-order chi connectivity index (χ0) is 22.4. The van der Waals surface area contributed by atoms with E-state index in [0.29, 0.717) is 28.2 Å². The molecule has 0 saturated heterocycles. The lowest BCUT2D eigenvalue weighted by atomic mass is 10.2. The molecule has 1 heterocycles. The van der Waals surface area contributed by atoms with Crippen LogP contribution >= 0.6 is 11.8 Å². The van der Waals surface area contributed by atoms with E-state index >= 15 is 0 Å². The molecule has 0 fully saturated rings. The molecule has 9 nitrogen and oxygen atoms in total. The molecule has 1 N–H and O–H groups in total. The summed E-state index contributed by atoms with van der Waals surface area (Å²) in [4.78, 5) is 12.6. The minimum Gasteiger partial charge on any atom is -0.497 e. The van der Waals surface area contributed by atoms with E-state index in [-0.39, 0.29) is 22.3 Å². The van der Waals surface area contributed by atoms with Gasteiger partial charge in [0.15, 0.2) is 15.0 Å². The molecule has 0 aliphatic rings. The number of carbonyl (C=O) groups is 1. The first kappa shape index (κ1) is 22.6. The van der Waals surface area contributed by atoms with Crippen LogP contribution in [0, 0.1) is 0 Å². The molecule has 0 spiro atoms. The summed E-state index contributed by atoms with van der Waals surface area (Å²) in [7, 11) is 1.17. The van der Waals surface area contributed by atoms with E-state index in [9.17, 15) is 13.2 Å². The van der Waals surface area contributed by atoms with E-state index in [1.807, 2.05) is 0 Å². The number of nitrogens with one attached hydrogen (secondary N) is 1. The summed E-state index contributed by atoms with van der Waals surface area (Å²) < 4.78 is 37.1. The first-order chi connectivity index (χ1) is 14.8. The van der Waals surface area contributed by atoms with E-state index in [4.69, 9.17) is 9.47 Å². The van der Waals surface area contributed by atoms with E-state index in [0.717, 1.165) is 11.8 Å². The van der Waals surface area contributed by atoms with Crippen molar-refractivity contribution in [3.8, 4) is 11.5 Å². The van der Waals surface area contributed by atoms with Crippen LogP contribution in [0.3, 0.4) is 0 Å². The first-order valence-electron chi connectivity index (χ1n) is 9.15. The third-order valence-corrected chi connectivity index (χ3v) is 7.01. The second-order valence-corrected chi connectivity index (χ2v) is 9.37. The van der Waals surface area contributed by atoms with Crippen molar-refractivity contribution >= 4 is 33.2 Å². The van der Waals surface area contributed by atoms with Crippen LogP contribution in [0.4, 0.5) is 5.69 Å². The smallest absolute Gasteiger partial charge is 0.234 e. The van der Waals surface area contributed by atoms with E-state index in [1.54, 1.807) is 60.1 Å². The summed E-state index contributed by atoms with van der Waals surface area (Å²) in [6.45, 7) is 0. The van der Waals surface area contributed by atoms with E-state index < -0.39 is 9.84 Å². The Morgan fingerprint density at radius 2 is 1.84 bits per heavy atom. The third-order valence-electron chi connectivity index (χ3n) is 4.36. The van der Waals surface area contributed by atoms with Crippen LogP contribution in [0.5, 0.6) is 11.5 Å². The van der Waals surface area contributed by atoms with Gasteiger partial charge in [-0.2, -0.15) is 0 Å². The molecule has 3 aromatic rings. The highest BCUT2D eigenvalue weighted by Gasteiger charge is 2.20. The second kappa shape index (κ2) is 9.84. The van der Waals surface area contributed by atoms with Crippen LogP contribution in [0.25, 0.3) is 0 Å². The Morgan fingerprint density at radius 1 is 1.10 bits per heavy atom. The lowest BCUT2D eigenvalue weighted by Gasteiger charge is -2.11. The largest absolute Gasteiger partial charge is 0.497 e. The predicted molar refractivity (Wildman–Crippen MR) is 117 cm³/mol. The van der Waals surface area contributed by atoms with Crippen molar-refractivity contribution in [3.05, 3.63) is 54.4 Å². The normalized spacial score (nSPS) is 11.2. The fourth-order valence-electron chi connectivity index (χ4n) is 2.71. The Kier molecular flexibility index (Phi) is 7.18. The number of hydrogen-bond acceptors (Lipinski definition) is 8. The van der Waals surface area contributed by atoms with Gasteiger partial charge in [0.25, 0.3) is 0 Å². The molecular formula is C20H22N4O5S2. The fraction of sp³-hybridized carbons (Fsp3) is 0.250. The number of benzene rings is 2.